The third-order valence-electron chi connectivity index (χ3n) is 4.24. The molecular formula is C22H22N2O4. The molecule has 0 spiro atoms. The Bertz CT molecular complexity index is 987. The molecule has 6 nitrogen and oxygen atoms in total. The molecule has 0 fully saturated rings. The predicted molar refractivity (Wildman–Crippen MR) is 109 cm³/mol. The van der Waals surface area contributed by atoms with E-state index in [4.69, 9.17) is 9.84 Å². The third-order valence-corrected chi connectivity index (χ3v) is 4.24. The van der Waals surface area contributed by atoms with Crippen LogP contribution in [0.15, 0.2) is 66.7 Å². The van der Waals surface area contributed by atoms with Crippen molar-refractivity contribution in [3.8, 4) is 0 Å². The fourth-order valence-electron chi connectivity index (χ4n) is 2.79. The summed E-state index contributed by atoms with van der Waals surface area (Å²) in [5.74, 6) is -1.02. The second-order valence-corrected chi connectivity index (χ2v) is 6.29. The van der Waals surface area contributed by atoms with Crippen molar-refractivity contribution in [1.82, 2.24) is 0 Å². The van der Waals surface area contributed by atoms with Crippen LogP contribution in [0.1, 0.15) is 17.3 Å². The first-order valence-corrected chi connectivity index (χ1v) is 9.03. The largest absolute Gasteiger partial charge is 0.449 e. The Hall–Kier alpha value is -3.38. The van der Waals surface area contributed by atoms with Crippen molar-refractivity contribution in [1.29, 1.82) is 0 Å². The fourth-order valence-corrected chi connectivity index (χ4v) is 2.79. The Morgan fingerprint density at radius 2 is 1.71 bits per heavy atom. The molecule has 3 N–H and O–H groups in total. The summed E-state index contributed by atoms with van der Waals surface area (Å²) in [5, 5.41) is 16.8. The zero-order valence-electron chi connectivity index (χ0n) is 15.5. The number of fused-ring (bicyclic) bond motifs is 1. The summed E-state index contributed by atoms with van der Waals surface area (Å²) in [7, 11) is 0. The van der Waals surface area contributed by atoms with E-state index in [1.54, 1.807) is 24.3 Å². The first-order chi connectivity index (χ1) is 13.6. The third kappa shape index (κ3) is 4.66. The summed E-state index contributed by atoms with van der Waals surface area (Å²) in [4.78, 5) is 24.9. The highest BCUT2D eigenvalue weighted by Crippen LogP contribution is 2.20. The molecule has 28 heavy (non-hydrogen) atoms. The Labute approximate surface area is 163 Å². The number of nitrogens with one attached hydrogen (secondary N) is 2. The van der Waals surface area contributed by atoms with Crippen LogP contribution in [-0.4, -0.2) is 36.2 Å². The number of benzene rings is 3. The van der Waals surface area contributed by atoms with Crippen molar-refractivity contribution in [3.05, 3.63) is 72.3 Å². The minimum atomic E-state index is -0.968. The maximum Gasteiger partial charge on any atom is 0.341 e. The zero-order valence-corrected chi connectivity index (χ0v) is 15.5. The molecule has 3 aromatic carbocycles. The lowest BCUT2D eigenvalue weighted by Gasteiger charge is -2.16. The van der Waals surface area contributed by atoms with Crippen LogP contribution in [0.25, 0.3) is 10.8 Å². The first-order valence-electron chi connectivity index (χ1n) is 9.03. The minimum Gasteiger partial charge on any atom is -0.449 e. The highest BCUT2D eigenvalue weighted by Gasteiger charge is 2.21. The highest BCUT2D eigenvalue weighted by molar-refractivity contribution is 6.00. The van der Waals surface area contributed by atoms with Gasteiger partial charge in [-0.15, -0.1) is 0 Å². The Balaban J connectivity index is 1.65. The smallest absolute Gasteiger partial charge is 0.341 e. The van der Waals surface area contributed by atoms with Gasteiger partial charge in [-0.2, -0.15) is 0 Å². The monoisotopic (exact) mass is 378 g/mol. The number of amides is 1. The van der Waals surface area contributed by atoms with Gasteiger partial charge in [0.25, 0.3) is 5.91 Å². The number of aliphatic hydroxyl groups is 1. The van der Waals surface area contributed by atoms with E-state index in [0.717, 1.165) is 10.8 Å². The van der Waals surface area contributed by atoms with Gasteiger partial charge in [-0.3, -0.25) is 4.79 Å². The molecule has 0 saturated carbocycles. The van der Waals surface area contributed by atoms with E-state index in [1.165, 1.54) is 6.92 Å². The minimum absolute atomic E-state index is 0.0616. The number of esters is 1. The summed E-state index contributed by atoms with van der Waals surface area (Å²) in [6, 6.07) is 20.2. The number of para-hydroxylation sites is 1. The number of anilines is 2. The Morgan fingerprint density at radius 1 is 1.00 bits per heavy atom. The lowest BCUT2D eigenvalue weighted by Crippen LogP contribution is -2.30. The molecule has 1 amide bonds. The molecule has 3 rings (SSSR count). The van der Waals surface area contributed by atoms with Gasteiger partial charge >= 0.3 is 5.97 Å². The van der Waals surface area contributed by atoms with Crippen LogP contribution in [0, 0.1) is 0 Å². The second-order valence-electron chi connectivity index (χ2n) is 6.29. The van der Waals surface area contributed by atoms with Crippen LogP contribution in [0.3, 0.4) is 0 Å². The van der Waals surface area contributed by atoms with Gasteiger partial charge in [-0.05, 0) is 42.0 Å². The van der Waals surface area contributed by atoms with Gasteiger partial charge < -0.3 is 20.5 Å². The summed E-state index contributed by atoms with van der Waals surface area (Å²) in [6.07, 6.45) is -0.968. The number of hydrogen-bond donors (Lipinski definition) is 3. The van der Waals surface area contributed by atoms with Gasteiger partial charge in [-0.1, -0.05) is 42.5 Å². The molecule has 0 radical (unpaired) electrons. The predicted octanol–water partition coefficient (Wildman–Crippen LogP) is 3.43. The van der Waals surface area contributed by atoms with E-state index in [2.05, 4.69) is 10.6 Å². The van der Waals surface area contributed by atoms with Crippen molar-refractivity contribution in [3.63, 3.8) is 0 Å². The molecule has 0 unspecified atom stereocenters. The van der Waals surface area contributed by atoms with Crippen molar-refractivity contribution in [2.75, 3.05) is 23.8 Å². The molecule has 0 heterocycles. The molecule has 0 saturated heterocycles. The number of rotatable bonds is 7. The van der Waals surface area contributed by atoms with Crippen LogP contribution in [0.5, 0.6) is 0 Å². The van der Waals surface area contributed by atoms with Crippen LogP contribution in [0.2, 0.25) is 0 Å². The summed E-state index contributed by atoms with van der Waals surface area (Å²) in [6.45, 7) is 1.77. The molecule has 144 valence electrons. The van der Waals surface area contributed by atoms with E-state index in [0.29, 0.717) is 23.5 Å². The Kier molecular flexibility index (Phi) is 6.24. The molecule has 0 aliphatic carbocycles. The quantitative estimate of drug-likeness (QED) is 0.548. The summed E-state index contributed by atoms with van der Waals surface area (Å²) in [5.41, 5.74) is 1.49. The van der Waals surface area contributed by atoms with Crippen LogP contribution >= 0.6 is 0 Å². The normalized spacial score (nSPS) is 11.6. The number of carbonyl (C=O) groups excluding carboxylic acids is 2. The van der Waals surface area contributed by atoms with Crippen molar-refractivity contribution in [2.24, 2.45) is 0 Å². The Morgan fingerprint density at radius 3 is 2.50 bits per heavy atom. The number of hydrogen-bond acceptors (Lipinski definition) is 5. The van der Waals surface area contributed by atoms with Gasteiger partial charge in [0.1, 0.15) is 0 Å². The summed E-state index contributed by atoms with van der Waals surface area (Å²) >= 11 is 0. The van der Waals surface area contributed by atoms with Gasteiger partial charge in [0.2, 0.25) is 0 Å². The lowest BCUT2D eigenvalue weighted by atomic mass is 10.1. The van der Waals surface area contributed by atoms with E-state index in [1.807, 2.05) is 42.5 Å². The molecule has 1 atom stereocenters. The SMILES string of the molecule is C[C@@H](OC(=O)c1ccccc1NCCO)C(=O)Nc1ccc2ccccc2c1. The van der Waals surface area contributed by atoms with Crippen LogP contribution < -0.4 is 10.6 Å². The topological polar surface area (TPSA) is 87.7 Å². The van der Waals surface area contributed by atoms with Crippen LogP contribution in [0.4, 0.5) is 11.4 Å². The molecule has 0 aliphatic rings. The van der Waals surface area contributed by atoms with Gasteiger partial charge in [0, 0.05) is 17.9 Å². The van der Waals surface area contributed by atoms with Crippen molar-refractivity contribution in [2.45, 2.75) is 13.0 Å². The molecular weight excluding hydrogens is 356 g/mol. The standard InChI is InChI=1S/C22H22N2O4/c1-15(28-22(27)19-8-4-5-9-20(19)23-12-13-25)21(26)24-18-11-10-16-6-2-3-7-17(16)14-18/h2-11,14-15,23,25H,12-13H2,1H3,(H,24,26)/t15-/m1/s1. The van der Waals surface area contributed by atoms with Crippen molar-refractivity contribution < 1.29 is 19.4 Å². The maximum absolute atomic E-state index is 12.5. The second kappa shape index (κ2) is 9.01. The van der Waals surface area contributed by atoms with Gasteiger partial charge in [0.15, 0.2) is 6.10 Å². The van der Waals surface area contributed by atoms with E-state index in [9.17, 15) is 9.59 Å². The van der Waals surface area contributed by atoms with E-state index < -0.39 is 18.0 Å². The van der Waals surface area contributed by atoms with Gasteiger partial charge in [-0.25, -0.2) is 4.79 Å². The molecule has 0 bridgehead atoms. The molecule has 3 aromatic rings. The van der Waals surface area contributed by atoms with E-state index >= 15 is 0 Å². The molecule has 0 aromatic heterocycles. The number of aliphatic hydroxyl groups excluding tert-OH is 1. The average molecular weight is 378 g/mol. The van der Waals surface area contributed by atoms with Gasteiger partial charge in [0.05, 0.1) is 12.2 Å². The average Bonchev–Trinajstić information content (AvgIpc) is 2.72. The summed E-state index contributed by atoms with van der Waals surface area (Å²) < 4.78 is 5.33. The highest BCUT2D eigenvalue weighted by atomic mass is 16.5. The van der Waals surface area contributed by atoms with E-state index in [-0.39, 0.29) is 6.61 Å². The van der Waals surface area contributed by atoms with Crippen LogP contribution in [-0.2, 0) is 9.53 Å². The fraction of sp³-hybridized carbons (Fsp3) is 0.182. The number of ether oxygens (including phenoxy) is 1. The van der Waals surface area contributed by atoms with Crippen molar-refractivity contribution >= 4 is 34.0 Å². The molecule has 0 aliphatic heterocycles. The molecule has 6 heteroatoms. The maximum atomic E-state index is 12.5. The number of carbonyl (C=O) groups is 2. The lowest BCUT2D eigenvalue weighted by molar-refractivity contribution is -0.123. The zero-order chi connectivity index (χ0) is 19.9. The first kappa shape index (κ1) is 19.4.